The number of carboxylic acid groups (broad SMARTS) is 1. The first-order valence-corrected chi connectivity index (χ1v) is 8.18. The third-order valence-electron chi connectivity index (χ3n) is 3.27. The number of rotatable bonds is 6. The van der Waals surface area contributed by atoms with E-state index in [9.17, 15) is 22.7 Å². The van der Waals surface area contributed by atoms with E-state index in [1.165, 1.54) is 43.5 Å². The Hall–Kier alpha value is -2.19. The maximum absolute atomic E-state index is 12.9. The van der Waals surface area contributed by atoms with E-state index in [4.69, 9.17) is 4.42 Å². The maximum Gasteiger partial charge on any atom is 0.324 e. The number of furan rings is 1. The van der Waals surface area contributed by atoms with Gasteiger partial charge in [-0.1, -0.05) is 12.1 Å². The standard InChI is InChI=1S/C15H16FNO5S/c1-10-7-13(22-9-10)23(20,21)17-15(2,14(18)19)8-11-3-5-12(16)6-4-11/h3-7,9,17H,8H2,1-2H3,(H,18,19). The van der Waals surface area contributed by atoms with Gasteiger partial charge in [-0.2, -0.15) is 4.72 Å². The summed E-state index contributed by atoms with van der Waals surface area (Å²) in [5.74, 6) is -1.81. The maximum atomic E-state index is 12.9. The van der Waals surface area contributed by atoms with Gasteiger partial charge >= 0.3 is 5.97 Å². The molecule has 23 heavy (non-hydrogen) atoms. The van der Waals surface area contributed by atoms with Crippen LogP contribution in [0.15, 0.2) is 46.1 Å². The molecule has 1 atom stereocenters. The van der Waals surface area contributed by atoms with Crippen LogP contribution in [0.5, 0.6) is 0 Å². The zero-order valence-electron chi connectivity index (χ0n) is 12.5. The Bertz CT molecular complexity index is 813. The fourth-order valence-electron chi connectivity index (χ4n) is 2.06. The molecule has 0 saturated heterocycles. The summed E-state index contributed by atoms with van der Waals surface area (Å²) in [6.07, 6.45) is 1.11. The number of carboxylic acids is 1. The van der Waals surface area contributed by atoms with Crippen molar-refractivity contribution in [1.29, 1.82) is 0 Å². The molecule has 0 aliphatic rings. The summed E-state index contributed by atoms with van der Waals surface area (Å²) >= 11 is 0. The van der Waals surface area contributed by atoms with E-state index in [-0.39, 0.29) is 11.5 Å². The van der Waals surface area contributed by atoms with Crippen molar-refractivity contribution in [3.05, 3.63) is 53.5 Å². The van der Waals surface area contributed by atoms with Crippen LogP contribution in [0.4, 0.5) is 4.39 Å². The average molecular weight is 341 g/mol. The van der Waals surface area contributed by atoms with Crippen molar-refractivity contribution in [1.82, 2.24) is 4.72 Å². The highest BCUT2D eigenvalue weighted by Crippen LogP contribution is 2.20. The van der Waals surface area contributed by atoms with Gasteiger partial charge in [0.25, 0.3) is 10.0 Å². The van der Waals surface area contributed by atoms with Gasteiger partial charge in [0.15, 0.2) is 0 Å². The van der Waals surface area contributed by atoms with E-state index in [2.05, 4.69) is 4.72 Å². The summed E-state index contributed by atoms with van der Waals surface area (Å²) in [6.45, 7) is 2.89. The summed E-state index contributed by atoms with van der Waals surface area (Å²) in [5, 5.41) is 9.07. The predicted molar refractivity (Wildman–Crippen MR) is 79.9 cm³/mol. The second-order valence-corrected chi connectivity index (χ2v) is 7.10. The zero-order valence-corrected chi connectivity index (χ0v) is 13.4. The van der Waals surface area contributed by atoms with Crippen LogP contribution in [-0.2, 0) is 21.2 Å². The average Bonchev–Trinajstić information content (AvgIpc) is 2.88. The lowest BCUT2D eigenvalue weighted by molar-refractivity contribution is -0.143. The largest absolute Gasteiger partial charge is 0.480 e. The summed E-state index contributed by atoms with van der Waals surface area (Å²) in [6, 6.07) is 6.47. The third kappa shape index (κ3) is 3.96. The zero-order chi connectivity index (χ0) is 17.3. The lowest BCUT2D eigenvalue weighted by Gasteiger charge is -2.25. The van der Waals surface area contributed by atoms with Crippen LogP contribution >= 0.6 is 0 Å². The molecular weight excluding hydrogens is 325 g/mol. The van der Waals surface area contributed by atoms with Gasteiger partial charge in [0.1, 0.15) is 11.4 Å². The molecule has 2 rings (SSSR count). The van der Waals surface area contributed by atoms with Gasteiger partial charge in [-0.05, 0) is 37.1 Å². The molecule has 0 aliphatic carbocycles. The van der Waals surface area contributed by atoms with Gasteiger partial charge in [0, 0.05) is 12.5 Å². The minimum Gasteiger partial charge on any atom is -0.480 e. The van der Waals surface area contributed by atoms with Crippen LogP contribution in [0.3, 0.4) is 0 Å². The number of hydrogen-bond acceptors (Lipinski definition) is 4. The molecule has 0 bridgehead atoms. The van der Waals surface area contributed by atoms with E-state index in [0.717, 1.165) is 0 Å². The Labute approximate surface area is 133 Å². The van der Waals surface area contributed by atoms with Gasteiger partial charge in [-0.3, -0.25) is 4.79 Å². The number of halogens is 1. The second-order valence-electron chi connectivity index (χ2n) is 5.49. The molecule has 0 spiro atoms. The van der Waals surface area contributed by atoms with Crippen LogP contribution in [0, 0.1) is 12.7 Å². The fraction of sp³-hybridized carbons (Fsp3) is 0.267. The second kappa shape index (κ2) is 6.13. The minimum atomic E-state index is -4.14. The molecule has 0 amide bonds. The highest BCUT2D eigenvalue weighted by atomic mass is 32.2. The quantitative estimate of drug-likeness (QED) is 0.839. The number of sulfonamides is 1. The van der Waals surface area contributed by atoms with Gasteiger partial charge in [-0.25, -0.2) is 12.8 Å². The molecule has 0 aliphatic heterocycles. The minimum absolute atomic E-state index is 0.151. The number of benzene rings is 1. The summed E-state index contributed by atoms with van der Waals surface area (Å²) < 4.78 is 44.6. The molecule has 0 radical (unpaired) electrons. The Morgan fingerprint density at radius 1 is 1.35 bits per heavy atom. The molecule has 0 saturated carbocycles. The van der Waals surface area contributed by atoms with Crippen LogP contribution in [0.1, 0.15) is 18.1 Å². The monoisotopic (exact) mass is 341 g/mol. The normalized spacial score (nSPS) is 14.4. The topological polar surface area (TPSA) is 96.6 Å². The molecule has 1 unspecified atom stereocenters. The van der Waals surface area contributed by atoms with E-state index in [0.29, 0.717) is 11.1 Å². The lowest BCUT2D eigenvalue weighted by atomic mass is 9.94. The first-order chi connectivity index (χ1) is 10.6. The van der Waals surface area contributed by atoms with Gasteiger partial charge in [0.2, 0.25) is 5.09 Å². The van der Waals surface area contributed by atoms with E-state index in [1.807, 2.05) is 0 Å². The number of aliphatic carboxylic acids is 1. The fourth-order valence-corrected chi connectivity index (χ4v) is 3.43. The Morgan fingerprint density at radius 2 is 1.96 bits per heavy atom. The van der Waals surface area contributed by atoms with Crippen molar-refractivity contribution in [3.63, 3.8) is 0 Å². The van der Waals surface area contributed by atoms with Crippen LogP contribution in [0.2, 0.25) is 0 Å². The van der Waals surface area contributed by atoms with Gasteiger partial charge < -0.3 is 9.52 Å². The van der Waals surface area contributed by atoms with Crippen LogP contribution in [-0.4, -0.2) is 25.0 Å². The molecule has 0 fully saturated rings. The number of carbonyl (C=O) groups is 1. The number of aryl methyl sites for hydroxylation is 1. The first-order valence-electron chi connectivity index (χ1n) is 6.69. The van der Waals surface area contributed by atoms with Gasteiger partial charge in [-0.15, -0.1) is 0 Å². The number of nitrogens with one attached hydrogen (secondary N) is 1. The molecule has 1 aromatic heterocycles. The smallest absolute Gasteiger partial charge is 0.324 e. The Morgan fingerprint density at radius 3 is 2.43 bits per heavy atom. The molecular formula is C15H16FNO5S. The van der Waals surface area contributed by atoms with Crippen molar-refractivity contribution in [2.24, 2.45) is 0 Å². The van der Waals surface area contributed by atoms with Crippen molar-refractivity contribution < 1.29 is 27.1 Å². The van der Waals surface area contributed by atoms with Crippen molar-refractivity contribution in [2.75, 3.05) is 0 Å². The molecule has 6 nitrogen and oxygen atoms in total. The molecule has 2 N–H and O–H groups in total. The van der Waals surface area contributed by atoms with Crippen molar-refractivity contribution >= 4 is 16.0 Å². The Balaban J connectivity index is 2.30. The first kappa shape index (κ1) is 17.2. The predicted octanol–water partition coefficient (Wildman–Crippen LogP) is 2.09. The molecule has 8 heteroatoms. The van der Waals surface area contributed by atoms with Crippen LogP contribution in [0.25, 0.3) is 0 Å². The lowest BCUT2D eigenvalue weighted by Crippen LogP contribution is -2.53. The van der Waals surface area contributed by atoms with E-state index < -0.39 is 27.3 Å². The molecule has 2 aromatic rings. The summed E-state index contributed by atoms with van der Waals surface area (Å²) in [4.78, 5) is 11.6. The number of hydrogen-bond donors (Lipinski definition) is 2. The van der Waals surface area contributed by atoms with Crippen molar-refractivity contribution in [2.45, 2.75) is 30.9 Å². The molecule has 1 heterocycles. The summed E-state index contributed by atoms with van der Waals surface area (Å²) in [5.41, 5.74) is -0.729. The summed E-state index contributed by atoms with van der Waals surface area (Å²) in [7, 11) is -4.14. The van der Waals surface area contributed by atoms with Crippen molar-refractivity contribution in [3.8, 4) is 0 Å². The van der Waals surface area contributed by atoms with Crippen LogP contribution < -0.4 is 4.72 Å². The Kier molecular flexibility index (Phi) is 4.58. The highest BCUT2D eigenvalue weighted by molar-refractivity contribution is 7.89. The van der Waals surface area contributed by atoms with E-state index >= 15 is 0 Å². The third-order valence-corrected chi connectivity index (χ3v) is 4.74. The van der Waals surface area contributed by atoms with E-state index in [1.54, 1.807) is 6.92 Å². The highest BCUT2D eigenvalue weighted by Gasteiger charge is 2.39. The SMILES string of the molecule is Cc1coc(S(=O)(=O)NC(C)(Cc2ccc(F)cc2)C(=O)O)c1. The van der Waals surface area contributed by atoms with Gasteiger partial charge in [0.05, 0.1) is 6.26 Å². The molecule has 124 valence electrons. The molecule has 1 aromatic carbocycles.